The zero-order chi connectivity index (χ0) is 22.9. The van der Waals surface area contributed by atoms with Crippen LogP contribution in [0.3, 0.4) is 0 Å². The fourth-order valence-electron chi connectivity index (χ4n) is 3.31. The predicted octanol–water partition coefficient (Wildman–Crippen LogP) is 3.45. The van der Waals surface area contributed by atoms with E-state index in [4.69, 9.17) is 16.3 Å². The fourth-order valence-corrected chi connectivity index (χ4v) is 5.60. The first-order chi connectivity index (χ1) is 14.6. The summed E-state index contributed by atoms with van der Waals surface area (Å²) in [4.78, 5) is 24.9. The van der Waals surface area contributed by atoms with Gasteiger partial charge in [0.05, 0.1) is 29.3 Å². The number of halogens is 1. The van der Waals surface area contributed by atoms with E-state index in [-0.39, 0.29) is 22.7 Å². The highest BCUT2D eigenvalue weighted by Gasteiger charge is 2.33. The molecule has 166 valence electrons. The van der Waals surface area contributed by atoms with E-state index in [1.807, 2.05) is 0 Å². The number of sulfonamides is 1. The molecule has 0 aliphatic heterocycles. The maximum Gasteiger partial charge on any atom is 0.307 e. The number of thiazole rings is 1. The average Bonchev–Trinajstić information content (AvgIpc) is 2.98. The standard InChI is InChI=1S/C20H22ClN3O5S2/c1-5-14(24(31(4,27)28)16-10-12(21)6-9-17(16)29-3)19(25)22-13-7-8-15-18(11-13)30-20(26)23(15)2/h6-11,14H,5H2,1-4H3,(H,22,25). The molecule has 2 aromatic carbocycles. The highest BCUT2D eigenvalue weighted by Crippen LogP contribution is 2.35. The number of nitrogens with one attached hydrogen (secondary N) is 1. The quantitative estimate of drug-likeness (QED) is 0.555. The number of benzene rings is 2. The molecule has 1 amide bonds. The second-order valence-electron chi connectivity index (χ2n) is 6.90. The van der Waals surface area contributed by atoms with Gasteiger partial charge in [0.2, 0.25) is 15.9 Å². The van der Waals surface area contributed by atoms with Crippen LogP contribution < -0.4 is 19.2 Å². The van der Waals surface area contributed by atoms with Gasteiger partial charge in [0, 0.05) is 17.8 Å². The smallest absolute Gasteiger partial charge is 0.307 e. The van der Waals surface area contributed by atoms with Crippen molar-refractivity contribution in [3.63, 3.8) is 0 Å². The molecule has 0 radical (unpaired) electrons. The van der Waals surface area contributed by atoms with Crippen molar-refractivity contribution < 1.29 is 17.9 Å². The molecule has 1 heterocycles. The number of hydrogen-bond acceptors (Lipinski definition) is 6. The van der Waals surface area contributed by atoms with Crippen LogP contribution in [0, 0.1) is 0 Å². The minimum Gasteiger partial charge on any atom is -0.495 e. The van der Waals surface area contributed by atoms with Crippen LogP contribution in [0.4, 0.5) is 11.4 Å². The normalized spacial score (nSPS) is 12.5. The van der Waals surface area contributed by atoms with Gasteiger partial charge in [-0.25, -0.2) is 8.42 Å². The van der Waals surface area contributed by atoms with Crippen LogP contribution in [0.5, 0.6) is 5.75 Å². The third-order valence-corrected chi connectivity index (χ3v) is 7.16. The van der Waals surface area contributed by atoms with E-state index in [0.29, 0.717) is 10.7 Å². The first-order valence-electron chi connectivity index (χ1n) is 9.30. The molecule has 1 unspecified atom stereocenters. The molecule has 0 spiro atoms. The molecular weight excluding hydrogens is 462 g/mol. The fraction of sp³-hybridized carbons (Fsp3) is 0.300. The monoisotopic (exact) mass is 483 g/mol. The van der Waals surface area contributed by atoms with Crippen molar-refractivity contribution in [2.45, 2.75) is 19.4 Å². The molecule has 1 atom stereocenters. The van der Waals surface area contributed by atoms with Gasteiger partial charge in [0.15, 0.2) is 0 Å². The number of carbonyl (C=O) groups is 1. The maximum absolute atomic E-state index is 13.1. The lowest BCUT2D eigenvalue weighted by Crippen LogP contribution is -2.47. The van der Waals surface area contributed by atoms with Crippen molar-refractivity contribution >= 4 is 60.5 Å². The summed E-state index contributed by atoms with van der Waals surface area (Å²) in [5.74, 6) is -0.242. The molecule has 31 heavy (non-hydrogen) atoms. The molecule has 3 rings (SSSR count). The number of amides is 1. The largest absolute Gasteiger partial charge is 0.495 e. The van der Waals surface area contributed by atoms with E-state index in [2.05, 4.69) is 5.32 Å². The van der Waals surface area contributed by atoms with Crippen molar-refractivity contribution in [2.75, 3.05) is 23.0 Å². The van der Waals surface area contributed by atoms with Crippen molar-refractivity contribution in [1.29, 1.82) is 0 Å². The van der Waals surface area contributed by atoms with Crippen LogP contribution >= 0.6 is 22.9 Å². The molecule has 0 bridgehead atoms. The highest BCUT2D eigenvalue weighted by molar-refractivity contribution is 7.92. The topological polar surface area (TPSA) is 97.7 Å². The lowest BCUT2D eigenvalue weighted by Gasteiger charge is -2.31. The maximum atomic E-state index is 13.1. The van der Waals surface area contributed by atoms with Crippen LogP contribution in [-0.4, -0.2) is 38.3 Å². The zero-order valence-electron chi connectivity index (χ0n) is 17.4. The first kappa shape index (κ1) is 23.1. The Morgan fingerprint density at radius 3 is 2.61 bits per heavy atom. The number of nitrogens with zero attached hydrogens (tertiary/aromatic N) is 2. The number of rotatable bonds is 7. The van der Waals surface area contributed by atoms with E-state index < -0.39 is 22.0 Å². The summed E-state index contributed by atoms with van der Waals surface area (Å²) in [5.41, 5.74) is 1.39. The van der Waals surface area contributed by atoms with Gasteiger partial charge in [0.25, 0.3) is 0 Å². The second kappa shape index (κ2) is 8.89. The molecule has 0 fully saturated rings. The summed E-state index contributed by atoms with van der Waals surface area (Å²) in [6.07, 6.45) is 1.23. The SMILES string of the molecule is CCC(C(=O)Nc1ccc2c(c1)sc(=O)n2C)N(c1cc(Cl)ccc1OC)S(C)(=O)=O. The Bertz CT molecular complexity index is 1300. The number of hydrogen-bond donors (Lipinski definition) is 1. The summed E-state index contributed by atoms with van der Waals surface area (Å²) in [6, 6.07) is 8.62. The Hall–Kier alpha value is -2.56. The number of fused-ring (bicyclic) bond motifs is 1. The molecule has 8 nitrogen and oxygen atoms in total. The molecule has 3 aromatic rings. The molecule has 11 heteroatoms. The molecule has 0 saturated heterocycles. The second-order valence-corrected chi connectivity index (χ2v) is 10.2. The van der Waals surface area contributed by atoms with Gasteiger partial charge in [0.1, 0.15) is 11.8 Å². The Labute approximate surface area is 189 Å². The van der Waals surface area contributed by atoms with Gasteiger partial charge < -0.3 is 14.6 Å². The third-order valence-electron chi connectivity index (χ3n) is 4.77. The lowest BCUT2D eigenvalue weighted by atomic mass is 10.1. The van der Waals surface area contributed by atoms with E-state index in [0.717, 1.165) is 32.1 Å². The van der Waals surface area contributed by atoms with E-state index in [1.54, 1.807) is 44.3 Å². The van der Waals surface area contributed by atoms with Gasteiger partial charge >= 0.3 is 4.87 Å². The van der Waals surface area contributed by atoms with Crippen LogP contribution in [0.25, 0.3) is 10.2 Å². The summed E-state index contributed by atoms with van der Waals surface area (Å²) >= 11 is 7.16. The van der Waals surface area contributed by atoms with Crippen LogP contribution in [0.1, 0.15) is 13.3 Å². The lowest BCUT2D eigenvalue weighted by molar-refractivity contribution is -0.117. The molecule has 1 aromatic heterocycles. The summed E-state index contributed by atoms with van der Waals surface area (Å²) in [6.45, 7) is 1.71. The molecule has 0 aliphatic rings. The number of methoxy groups -OCH3 is 1. The Balaban J connectivity index is 2.00. The van der Waals surface area contributed by atoms with E-state index in [9.17, 15) is 18.0 Å². The van der Waals surface area contributed by atoms with Crippen molar-refractivity contribution in [3.05, 3.63) is 51.1 Å². The Morgan fingerprint density at radius 2 is 2.00 bits per heavy atom. The zero-order valence-corrected chi connectivity index (χ0v) is 19.8. The van der Waals surface area contributed by atoms with Gasteiger partial charge in [-0.05, 0) is 42.8 Å². The predicted molar refractivity (Wildman–Crippen MR) is 125 cm³/mol. The Kier molecular flexibility index (Phi) is 6.63. The number of ether oxygens (including phenoxy) is 1. The summed E-state index contributed by atoms with van der Waals surface area (Å²) in [7, 11) is -0.775. The summed E-state index contributed by atoms with van der Waals surface area (Å²) < 4.78 is 34.0. The van der Waals surface area contributed by atoms with Crippen molar-refractivity contribution in [3.8, 4) is 5.75 Å². The van der Waals surface area contributed by atoms with Gasteiger partial charge in [-0.1, -0.05) is 29.9 Å². The minimum absolute atomic E-state index is 0.110. The van der Waals surface area contributed by atoms with Crippen molar-refractivity contribution in [1.82, 2.24) is 4.57 Å². The molecule has 0 aliphatic carbocycles. The van der Waals surface area contributed by atoms with Gasteiger partial charge in [-0.3, -0.25) is 13.9 Å². The Morgan fingerprint density at radius 1 is 1.29 bits per heavy atom. The van der Waals surface area contributed by atoms with E-state index in [1.165, 1.54) is 17.7 Å². The highest BCUT2D eigenvalue weighted by atomic mass is 35.5. The van der Waals surface area contributed by atoms with Crippen molar-refractivity contribution in [2.24, 2.45) is 7.05 Å². The number of aromatic nitrogens is 1. The van der Waals surface area contributed by atoms with Gasteiger partial charge in [-0.2, -0.15) is 0 Å². The average molecular weight is 484 g/mol. The van der Waals surface area contributed by atoms with Gasteiger partial charge in [-0.15, -0.1) is 0 Å². The van der Waals surface area contributed by atoms with Crippen LogP contribution in [0.15, 0.2) is 41.2 Å². The summed E-state index contributed by atoms with van der Waals surface area (Å²) in [5, 5.41) is 3.07. The third kappa shape index (κ3) is 4.70. The molecular formula is C20H22ClN3O5S2. The van der Waals surface area contributed by atoms with Crippen LogP contribution in [-0.2, 0) is 21.9 Å². The minimum atomic E-state index is -3.86. The number of carbonyl (C=O) groups excluding carboxylic acids is 1. The molecule has 0 saturated carbocycles. The van der Waals surface area contributed by atoms with Crippen LogP contribution in [0.2, 0.25) is 5.02 Å². The molecule has 1 N–H and O–H groups in total. The number of anilines is 2. The first-order valence-corrected chi connectivity index (χ1v) is 12.3. The number of aryl methyl sites for hydroxylation is 1. The van der Waals surface area contributed by atoms with E-state index >= 15 is 0 Å².